The molecule has 0 amide bonds. The minimum absolute atomic E-state index is 0.0600. The number of nitrogens with zero attached hydrogens (tertiary/aromatic N) is 6. The molecule has 4 aromatic rings. The Morgan fingerprint density at radius 3 is 2.45 bits per heavy atom. The van der Waals surface area contributed by atoms with E-state index in [1.165, 1.54) is 15.5 Å². The number of H-pyrrole nitrogens is 2. The Labute approximate surface area is 274 Å². The molecule has 1 fully saturated rings. The maximum atomic E-state index is 12.4. The first-order valence-electron chi connectivity index (χ1n) is 13.6. The first-order chi connectivity index (χ1) is 22.8. The molecule has 49 heavy (non-hydrogen) atoms. The third kappa shape index (κ3) is 8.40. The summed E-state index contributed by atoms with van der Waals surface area (Å²) >= 11 is 0. The number of phosphoric acid groups is 2. The fourth-order valence-electron chi connectivity index (χ4n) is 4.84. The number of fused-ring (bicyclic) bond motifs is 2. The van der Waals surface area contributed by atoms with Gasteiger partial charge in [0.1, 0.15) is 18.3 Å². The van der Waals surface area contributed by atoms with Crippen molar-refractivity contribution in [1.82, 2.24) is 34.1 Å². The molecule has 0 aliphatic carbocycles. The number of rotatable bonds is 14. The number of aromatic nitrogens is 8. The summed E-state index contributed by atoms with van der Waals surface area (Å²) < 4.78 is 70.6. The zero-order chi connectivity index (χ0) is 36.1. The fraction of sp³-hybridized carbons (Fsp3) is 0.500. The number of nitrogen functional groups attached to an aromatic ring is 2. The highest BCUT2D eigenvalue weighted by molar-refractivity contribution is 7.92. The first kappa shape index (κ1) is 37.0. The maximum absolute atomic E-state index is 12.4. The van der Waals surface area contributed by atoms with E-state index in [1.807, 2.05) is 0 Å². The second-order valence-corrected chi connectivity index (χ2v) is 17.4. The fourth-order valence-corrected chi connectivity index (χ4v) is 10.9. The van der Waals surface area contributed by atoms with Crippen molar-refractivity contribution in [2.45, 2.75) is 37.5 Å². The largest absolute Gasteiger partial charge is 0.778 e. The smallest absolute Gasteiger partial charge is 0.311 e. The summed E-state index contributed by atoms with van der Waals surface area (Å²) in [6, 6.07) is 0. The Hall–Kier alpha value is -3.22. The molecular formula is C20H27N10O15P3S-2. The van der Waals surface area contributed by atoms with E-state index in [0.717, 1.165) is 10.9 Å². The van der Waals surface area contributed by atoms with Gasteiger partial charge in [0.15, 0.2) is 31.3 Å². The van der Waals surface area contributed by atoms with E-state index in [0.29, 0.717) is 0 Å². The second-order valence-electron chi connectivity index (χ2n) is 10.5. The number of phosphoric ester groups is 1. The number of ether oxygens (including phenoxy) is 1. The van der Waals surface area contributed by atoms with Crippen LogP contribution in [0.1, 0.15) is 12.6 Å². The topological polar surface area (TPSA) is 385 Å². The van der Waals surface area contributed by atoms with E-state index in [2.05, 4.69) is 38.1 Å². The van der Waals surface area contributed by atoms with Crippen LogP contribution in [0.4, 0.5) is 11.9 Å². The van der Waals surface area contributed by atoms with Crippen LogP contribution in [0.3, 0.4) is 0 Å². The summed E-state index contributed by atoms with van der Waals surface area (Å²) in [5.41, 5.74) is 8.57. The Morgan fingerprint density at radius 1 is 1.06 bits per heavy atom. The van der Waals surface area contributed by atoms with Crippen molar-refractivity contribution in [3.05, 3.63) is 33.4 Å². The number of nitrogens with one attached hydrogen (secondary N) is 2. The van der Waals surface area contributed by atoms with Gasteiger partial charge < -0.3 is 50.2 Å². The Balaban J connectivity index is 1.13. The van der Waals surface area contributed by atoms with E-state index in [4.69, 9.17) is 16.2 Å². The van der Waals surface area contributed by atoms with Crippen molar-refractivity contribution < 1.29 is 65.2 Å². The van der Waals surface area contributed by atoms with Gasteiger partial charge in [-0.3, -0.25) is 46.3 Å². The normalized spacial score (nSPS) is 24.1. The van der Waals surface area contributed by atoms with Crippen LogP contribution in [0.25, 0.3) is 22.3 Å². The summed E-state index contributed by atoms with van der Waals surface area (Å²) in [6.45, 7) is -1.05. The van der Waals surface area contributed by atoms with Gasteiger partial charge in [-0.2, -0.15) is 4.98 Å². The van der Waals surface area contributed by atoms with Crippen molar-refractivity contribution in [3.63, 3.8) is 0 Å². The highest BCUT2D eigenvalue weighted by atomic mass is 32.2. The zero-order valence-electron chi connectivity index (χ0n) is 24.8. The molecule has 8 unspecified atom stereocenters. The summed E-state index contributed by atoms with van der Waals surface area (Å²) in [6.07, 6.45) is -4.17. The molecule has 5 heterocycles. The average molecular weight is 772 g/mol. The van der Waals surface area contributed by atoms with Crippen LogP contribution in [0, 0.1) is 0 Å². The van der Waals surface area contributed by atoms with Crippen molar-refractivity contribution >= 4 is 68.3 Å². The van der Waals surface area contributed by atoms with Crippen molar-refractivity contribution in [1.29, 1.82) is 0 Å². The van der Waals surface area contributed by atoms with Gasteiger partial charge in [0, 0.05) is 16.6 Å². The van der Waals surface area contributed by atoms with Gasteiger partial charge in [-0.15, -0.1) is 0 Å². The number of aliphatic hydroxyl groups is 2. The number of aromatic amines is 2. The van der Waals surface area contributed by atoms with Gasteiger partial charge in [0.05, 0.1) is 32.0 Å². The van der Waals surface area contributed by atoms with Gasteiger partial charge in [0.2, 0.25) is 11.5 Å². The lowest BCUT2D eigenvalue weighted by Crippen LogP contribution is -2.34. The van der Waals surface area contributed by atoms with Crippen molar-refractivity contribution in [3.8, 4) is 0 Å². The Kier molecular flexibility index (Phi) is 10.5. The molecule has 270 valence electrons. The highest BCUT2D eigenvalue weighted by Gasteiger charge is 2.45. The molecule has 5 rings (SSSR count). The van der Waals surface area contributed by atoms with Crippen LogP contribution >= 0.6 is 23.2 Å². The number of hydrogen-bond acceptors (Lipinski definition) is 20. The van der Waals surface area contributed by atoms with Crippen LogP contribution in [0.2, 0.25) is 0 Å². The molecular weight excluding hydrogens is 745 g/mol. The molecule has 25 nitrogen and oxygen atoms in total. The highest BCUT2D eigenvalue weighted by Crippen LogP contribution is 2.62. The van der Waals surface area contributed by atoms with Crippen LogP contribution in [-0.2, 0) is 56.0 Å². The molecule has 4 aromatic heterocycles. The molecule has 0 spiro atoms. The first-order valence-corrected chi connectivity index (χ1v) is 19.7. The molecule has 29 heteroatoms. The summed E-state index contributed by atoms with van der Waals surface area (Å²) in [7, 11) is -18.3. The van der Waals surface area contributed by atoms with Crippen molar-refractivity contribution in [2.75, 3.05) is 29.3 Å². The standard InChI is InChI=1S/C20H29N10O15P3S/c1-28-7-29(15-11(28)17(34)27-20(22)25-15)3-2-4-49(41)8-46(35,36)44-48(39,40)45-47(37,38)42-5-9-12(31)13(32)18(43-9)30-6-23-10-14(30)24-19(21)26-16(10)33/h6-7,9,12-13,18,31-32H,2-5,8H2,1H3,(H8-,21,22,24,25,26,27,33,34,35,36,37,38,39,40)/p-2. The van der Waals surface area contributed by atoms with E-state index < -0.39 is 81.8 Å². The lowest BCUT2D eigenvalue weighted by molar-refractivity contribution is -0.673. The van der Waals surface area contributed by atoms with Gasteiger partial charge in [-0.1, -0.05) is 4.98 Å². The lowest BCUT2D eigenvalue weighted by Gasteiger charge is -2.34. The van der Waals surface area contributed by atoms with E-state index >= 15 is 0 Å². The predicted molar refractivity (Wildman–Crippen MR) is 158 cm³/mol. The van der Waals surface area contributed by atoms with E-state index in [1.54, 1.807) is 7.05 Å². The Morgan fingerprint density at radius 2 is 1.73 bits per heavy atom. The number of aliphatic hydroxyl groups excluding tert-OH is 2. The molecule has 1 aliphatic heterocycles. The minimum Gasteiger partial charge on any atom is -0.778 e. The molecule has 0 saturated carbocycles. The molecule has 1 saturated heterocycles. The third-order valence-electron chi connectivity index (χ3n) is 6.79. The number of anilines is 2. The van der Waals surface area contributed by atoms with Gasteiger partial charge >= 0.3 is 5.65 Å². The number of nitrogens with two attached hydrogens (primary N) is 2. The molecule has 0 bridgehead atoms. The minimum atomic E-state index is -6.21. The SMILES string of the molecule is Cn1c[n+](CCCS(=O)CP(=O)([O-])OP(=O)([O-])OP(=O)([O-])OCC2OC(n3cnc4c(=O)[nH]c(N)nc43)C(O)C2O)c2nc(N)[nH]c(=O)c21. The molecule has 8 atom stereocenters. The van der Waals surface area contributed by atoms with Crippen LogP contribution in [0.5, 0.6) is 0 Å². The van der Waals surface area contributed by atoms with Crippen LogP contribution < -0.4 is 41.8 Å². The van der Waals surface area contributed by atoms with E-state index in [-0.39, 0.29) is 52.9 Å². The quantitative estimate of drug-likeness (QED) is 0.0516. The molecule has 8 N–H and O–H groups in total. The average Bonchev–Trinajstić information content (AvgIpc) is 3.59. The maximum Gasteiger partial charge on any atom is 0.311 e. The molecule has 0 radical (unpaired) electrons. The van der Waals surface area contributed by atoms with Gasteiger partial charge in [0.25, 0.3) is 32.7 Å². The summed E-state index contributed by atoms with van der Waals surface area (Å²) in [4.78, 5) is 77.1. The number of hydrogen-bond donors (Lipinski definition) is 6. The predicted octanol–water partition coefficient (Wildman–Crippen LogP) is -4.90. The number of aryl methyl sites for hydroxylation is 2. The molecule has 0 aromatic carbocycles. The third-order valence-corrected chi connectivity index (χ3v) is 13.8. The molecule has 1 aliphatic rings. The summed E-state index contributed by atoms with van der Waals surface area (Å²) in [5.74, 6) is -0.756. The number of imidazole rings is 2. The van der Waals surface area contributed by atoms with Crippen molar-refractivity contribution in [2.24, 2.45) is 7.05 Å². The monoisotopic (exact) mass is 772 g/mol. The van der Waals surface area contributed by atoms with Gasteiger partial charge in [-0.25, -0.2) is 13.9 Å². The lowest BCUT2D eigenvalue weighted by atomic mass is 10.1. The van der Waals surface area contributed by atoms with Crippen LogP contribution in [0.15, 0.2) is 22.2 Å². The zero-order valence-corrected chi connectivity index (χ0v) is 28.3. The van der Waals surface area contributed by atoms with Gasteiger partial charge in [-0.05, 0) is 6.42 Å². The van der Waals surface area contributed by atoms with E-state index in [9.17, 15) is 52.4 Å². The van der Waals surface area contributed by atoms with Crippen LogP contribution in [-0.4, -0.2) is 84.6 Å². The Bertz CT molecular complexity index is 2190. The summed E-state index contributed by atoms with van der Waals surface area (Å²) in [5, 5.41) is 20.8. The second kappa shape index (κ2) is 13.8.